The second-order valence-corrected chi connectivity index (χ2v) is 11.7. The van der Waals surface area contributed by atoms with E-state index in [1.807, 2.05) is 0 Å². The average Bonchev–Trinajstić information content (AvgIpc) is 2.71. The van der Waals surface area contributed by atoms with Gasteiger partial charge in [0, 0.05) is 0 Å². The predicted molar refractivity (Wildman–Crippen MR) is 140 cm³/mol. The summed E-state index contributed by atoms with van der Waals surface area (Å²) >= 11 is 0. The molecular formula is C30H62. The fourth-order valence-corrected chi connectivity index (χ4v) is 4.75. The molecule has 0 aliphatic heterocycles. The third-order valence-corrected chi connectivity index (χ3v) is 8.24. The summed E-state index contributed by atoms with van der Waals surface area (Å²) in [6, 6.07) is 0. The maximum absolute atomic E-state index is 2.51. The van der Waals surface area contributed by atoms with Gasteiger partial charge in [0.1, 0.15) is 0 Å². The van der Waals surface area contributed by atoms with Crippen LogP contribution in [0.25, 0.3) is 0 Å². The first-order valence-electron chi connectivity index (χ1n) is 14.3. The summed E-state index contributed by atoms with van der Waals surface area (Å²) in [4.78, 5) is 0. The first-order chi connectivity index (χ1) is 14.3. The van der Waals surface area contributed by atoms with E-state index in [0.29, 0.717) is 0 Å². The van der Waals surface area contributed by atoms with Crippen LogP contribution in [-0.4, -0.2) is 0 Å². The Kier molecular flexibility index (Phi) is 19.7. The van der Waals surface area contributed by atoms with Gasteiger partial charge >= 0.3 is 0 Å². The Hall–Kier alpha value is 0. The zero-order valence-corrected chi connectivity index (χ0v) is 22.8. The smallest absolute Gasteiger partial charge is 0.0417 e. The topological polar surface area (TPSA) is 0 Å². The van der Waals surface area contributed by atoms with Gasteiger partial charge in [-0.1, -0.05) is 158 Å². The number of hydrogen-bond acceptors (Lipinski definition) is 0. The van der Waals surface area contributed by atoms with Crippen LogP contribution in [-0.2, 0) is 0 Å². The third-order valence-electron chi connectivity index (χ3n) is 8.24. The molecular weight excluding hydrogens is 360 g/mol. The Balaban J connectivity index is 3.59. The SMILES string of the molecule is CCCCCC(C)CCC(C)CCCCCCC(C)C(C)CCCCC(C)C(C)C. The maximum atomic E-state index is 2.51. The van der Waals surface area contributed by atoms with Crippen LogP contribution in [0.5, 0.6) is 0 Å². The van der Waals surface area contributed by atoms with Crippen molar-refractivity contribution in [2.75, 3.05) is 0 Å². The maximum Gasteiger partial charge on any atom is -0.0417 e. The first-order valence-corrected chi connectivity index (χ1v) is 14.3. The van der Waals surface area contributed by atoms with E-state index in [4.69, 9.17) is 0 Å². The van der Waals surface area contributed by atoms with Gasteiger partial charge in [0.15, 0.2) is 0 Å². The van der Waals surface area contributed by atoms with Crippen LogP contribution in [0.3, 0.4) is 0 Å². The highest BCUT2D eigenvalue weighted by molar-refractivity contribution is 4.65. The van der Waals surface area contributed by atoms with Crippen LogP contribution in [0.2, 0.25) is 0 Å². The van der Waals surface area contributed by atoms with E-state index < -0.39 is 0 Å². The minimum Gasteiger partial charge on any atom is -0.0654 e. The molecule has 0 N–H and O–H groups in total. The second kappa shape index (κ2) is 19.7. The molecule has 5 atom stereocenters. The molecule has 0 amide bonds. The van der Waals surface area contributed by atoms with E-state index in [0.717, 1.165) is 35.5 Å². The van der Waals surface area contributed by atoms with Crippen molar-refractivity contribution in [3.05, 3.63) is 0 Å². The summed E-state index contributed by atoms with van der Waals surface area (Å²) in [5.41, 5.74) is 0. The normalized spacial score (nSPS) is 17.1. The summed E-state index contributed by atoms with van der Waals surface area (Å²) in [6.07, 6.45) is 23.1. The second-order valence-electron chi connectivity index (χ2n) is 11.7. The summed E-state index contributed by atoms with van der Waals surface area (Å²) in [7, 11) is 0. The summed E-state index contributed by atoms with van der Waals surface area (Å²) in [6.45, 7) is 19.4. The van der Waals surface area contributed by atoms with Gasteiger partial charge in [-0.3, -0.25) is 0 Å². The lowest BCUT2D eigenvalue weighted by atomic mass is 9.85. The molecule has 182 valence electrons. The molecule has 30 heavy (non-hydrogen) atoms. The molecule has 0 rings (SSSR count). The lowest BCUT2D eigenvalue weighted by Gasteiger charge is -2.21. The van der Waals surface area contributed by atoms with Crippen molar-refractivity contribution >= 4 is 0 Å². The van der Waals surface area contributed by atoms with Gasteiger partial charge in [-0.25, -0.2) is 0 Å². The molecule has 0 aliphatic carbocycles. The van der Waals surface area contributed by atoms with Crippen molar-refractivity contribution in [2.24, 2.45) is 35.5 Å². The van der Waals surface area contributed by atoms with Crippen molar-refractivity contribution < 1.29 is 0 Å². The minimum atomic E-state index is 0.850. The molecule has 0 spiro atoms. The van der Waals surface area contributed by atoms with E-state index in [1.54, 1.807) is 0 Å². The van der Waals surface area contributed by atoms with E-state index >= 15 is 0 Å². The van der Waals surface area contributed by atoms with Crippen LogP contribution < -0.4 is 0 Å². The van der Waals surface area contributed by atoms with E-state index in [-0.39, 0.29) is 0 Å². The van der Waals surface area contributed by atoms with Gasteiger partial charge < -0.3 is 0 Å². The molecule has 0 aromatic carbocycles. The monoisotopic (exact) mass is 422 g/mol. The van der Waals surface area contributed by atoms with Crippen LogP contribution in [0.15, 0.2) is 0 Å². The highest BCUT2D eigenvalue weighted by Gasteiger charge is 2.13. The van der Waals surface area contributed by atoms with Crippen molar-refractivity contribution in [3.63, 3.8) is 0 Å². The molecule has 5 unspecified atom stereocenters. The Morgan fingerprint density at radius 2 is 0.733 bits per heavy atom. The van der Waals surface area contributed by atoms with Gasteiger partial charge in [0.05, 0.1) is 0 Å². The molecule has 0 heterocycles. The van der Waals surface area contributed by atoms with Gasteiger partial charge in [-0.15, -0.1) is 0 Å². The van der Waals surface area contributed by atoms with E-state index in [9.17, 15) is 0 Å². The number of unbranched alkanes of at least 4 members (excludes halogenated alkanes) is 6. The highest BCUT2D eigenvalue weighted by Crippen LogP contribution is 2.26. The molecule has 0 saturated carbocycles. The first kappa shape index (κ1) is 30.0. The predicted octanol–water partition coefficient (Wildman–Crippen LogP) is 11.1. The Labute approximate surface area is 193 Å². The molecule has 0 aliphatic rings. The molecule has 0 saturated heterocycles. The zero-order valence-electron chi connectivity index (χ0n) is 22.8. The average molecular weight is 423 g/mol. The summed E-state index contributed by atoms with van der Waals surface area (Å²) in [5, 5.41) is 0. The Morgan fingerprint density at radius 3 is 1.17 bits per heavy atom. The van der Waals surface area contributed by atoms with Gasteiger partial charge in [-0.2, -0.15) is 0 Å². The van der Waals surface area contributed by atoms with Crippen molar-refractivity contribution in [2.45, 2.75) is 158 Å². The standard InChI is InChI=1S/C30H62/c1-9-10-13-18-26(4)23-24-27(5)19-14-11-12-15-21-29(7)30(8)22-17-16-20-28(6)25(2)3/h25-30H,9-24H2,1-8H3. The van der Waals surface area contributed by atoms with Crippen molar-refractivity contribution in [3.8, 4) is 0 Å². The number of hydrogen-bond donors (Lipinski definition) is 0. The van der Waals surface area contributed by atoms with Gasteiger partial charge in [0.2, 0.25) is 0 Å². The molecule has 0 bridgehead atoms. The Morgan fingerprint density at radius 1 is 0.367 bits per heavy atom. The fraction of sp³-hybridized carbons (Fsp3) is 1.00. The van der Waals surface area contributed by atoms with Gasteiger partial charge in [0.25, 0.3) is 0 Å². The van der Waals surface area contributed by atoms with Crippen LogP contribution in [0.1, 0.15) is 158 Å². The lowest BCUT2D eigenvalue weighted by molar-refractivity contribution is 0.310. The summed E-state index contributed by atoms with van der Waals surface area (Å²) < 4.78 is 0. The fourth-order valence-electron chi connectivity index (χ4n) is 4.75. The van der Waals surface area contributed by atoms with E-state index in [1.165, 1.54) is 103 Å². The van der Waals surface area contributed by atoms with Crippen LogP contribution in [0, 0.1) is 35.5 Å². The van der Waals surface area contributed by atoms with Gasteiger partial charge in [-0.05, 0) is 35.5 Å². The van der Waals surface area contributed by atoms with Crippen molar-refractivity contribution in [1.82, 2.24) is 0 Å². The summed E-state index contributed by atoms with van der Waals surface area (Å²) in [5.74, 6) is 5.47. The minimum absolute atomic E-state index is 0.850. The molecule has 0 nitrogen and oxygen atoms in total. The quantitative estimate of drug-likeness (QED) is 0.161. The zero-order chi connectivity index (χ0) is 22.8. The lowest BCUT2D eigenvalue weighted by Crippen LogP contribution is -2.09. The van der Waals surface area contributed by atoms with Crippen molar-refractivity contribution in [1.29, 1.82) is 0 Å². The van der Waals surface area contributed by atoms with E-state index in [2.05, 4.69) is 55.4 Å². The largest absolute Gasteiger partial charge is 0.0654 e. The molecule has 0 aromatic heterocycles. The molecule has 0 aromatic rings. The highest BCUT2D eigenvalue weighted by atomic mass is 14.2. The molecule has 0 radical (unpaired) electrons. The molecule has 0 fully saturated rings. The van der Waals surface area contributed by atoms with Crippen LogP contribution in [0.4, 0.5) is 0 Å². The van der Waals surface area contributed by atoms with Crippen LogP contribution >= 0.6 is 0 Å². The Bertz CT molecular complexity index is 344. The third kappa shape index (κ3) is 17.7. The molecule has 0 heteroatoms. The number of rotatable bonds is 21.